The molecule has 0 atom stereocenters. The van der Waals surface area contributed by atoms with E-state index in [0.717, 1.165) is 5.56 Å². The van der Waals surface area contributed by atoms with Crippen molar-refractivity contribution in [3.63, 3.8) is 0 Å². The van der Waals surface area contributed by atoms with E-state index in [-0.39, 0.29) is 0 Å². The normalized spacial score (nSPS) is 10.1. The largest absolute Gasteiger partial charge is 0.488 e. The standard InChI is InChI=1S/C11H13Cl2NO/c1-3-4-15-11-8(7-14-2)5-9(12)6-10(11)13/h3,5-6,14H,1,4,7H2,2H3. The quantitative estimate of drug-likeness (QED) is 0.805. The summed E-state index contributed by atoms with van der Waals surface area (Å²) >= 11 is 11.9. The second kappa shape index (κ2) is 6.01. The molecule has 0 amide bonds. The zero-order valence-corrected chi connectivity index (χ0v) is 10.0. The van der Waals surface area contributed by atoms with Crippen molar-refractivity contribution in [2.45, 2.75) is 6.54 Å². The Morgan fingerprint density at radius 3 is 2.80 bits per heavy atom. The summed E-state index contributed by atoms with van der Waals surface area (Å²) in [5.41, 5.74) is 0.942. The molecule has 0 spiro atoms. The first-order valence-corrected chi connectivity index (χ1v) is 5.30. The van der Waals surface area contributed by atoms with Crippen LogP contribution < -0.4 is 10.1 Å². The van der Waals surface area contributed by atoms with Gasteiger partial charge < -0.3 is 10.1 Å². The first-order chi connectivity index (χ1) is 7.19. The van der Waals surface area contributed by atoms with Gasteiger partial charge in [-0.1, -0.05) is 35.9 Å². The highest BCUT2D eigenvalue weighted by atomic mass is 35.5. The van der Waals surface area contributed by atoms with E-state index in [1.165, 1.54) is 0 Å². The molecule has 0 aromatic heterocycles. The van der Waals surface area contributed by atoms with E-state index in [9.17, 15) is 0 Å². The van der Waals surface area contributed by atoms with Gasteiger partial charge >= 0.3 is 0 Å². The van der Waals surface area contributed by atoms with Crippen molar-refractivity contribution in [3.05, 3.63) is 40.4 Å². The predicted molar refractivity (Wildman–Crippen MR) is 64.9 cm³/mol. The molecule has 0 aliphatic heterocycles. The highest BCUT2D eigenvalue weighted by Gasteiger charge is 2.09. The Balaban J connectivity index is 3.02. The Kier molecular flexibility index (Phi) is 4.95. The van der Waals surface area contributed by atoms with Gasteiger partial charge in [-0.3, -0.25) is 0 Å². The first-order valence-electron chi connectivity index (χ1n) is 4.55. The van der Waals surface area contributed by atoms with Crippen LogP contribution in [0, 0.1) is 0 Å². The van der Waals surface area contributed by atoms with E-state index in [2.05, 4.69) is 11.9 Å². The smallest absolute Gasteiger partial charge is 0.142 e. The summed E-state index contributed by atoms with van der Waals surface area (Å²) in [7, 11) is 1.85. The number of ether oxygens (including phenoxy) is 1. The zero-order chi connectivity index (χ0) is 11.3. The Morgan fingerprint density at radius 1 is 1.47 bits per heavy atom. The van der Waals surface area contributed by atoms with Gasteiger partial charge in [-0.2, -0.15) is 0 Å². The molecule has 0 unspecified atom stereocenters. The number of hydrogen-bond acceptors (Lipinski definition) is 2. The van der Waals surface area contributed by atoms with Gasteiger partial charge in [0.05, 0.1) is 5.02 Å². The average Bonchev–Trinajstić information content (AvgIpc) is 2.17. The summed E-state index contributed by atoms with van der Waals surface area (Å²) in [6, 6.07) is 3.50. The number of benzene rings is 1. The van der Waals surface area contributed by atoms with Crippen LogP contribution in [0.15, 0.2) is 24.8 Å². The van der Waals surface area contributed by atoms with Crippen molar-refractivity contribution in [3.8, 4) is 5.75 Å². The van der Waals surface area contributed by atoms with Crippen molar-refractivity contribution in [1.29, 1.82) is 0 Å². The molecule has 0 radical (unpaired) electrons. The summed E-state index contributed by atoms with van der Waals surface area (Å²) in [5.74, 6) is 0.662. The van der Waals surface area contributed by atoms with E-state index in [4.69, 9.17) is 27.9 Å². The van der Waals surface area contributed by atoms with Crippen LogP contribution in [0.25, 0.3) is 0 Å². The Labute approximate surface area is 99.8 Å². The molecule has 1 aromatic rings. The van der Waals surface area contributed by atoms with Gasteiger partial charge in [-0.05, 0) is 19.2 Å². The SMILES string of the molecule is C=CCOc1c(Cl)cc(Cl)cc1CNC. The van der Waals surface area contributed by atoms with E-state index >= 15 is 0 Å². The van der Waals surface area contributed by atoms with Gasteiger partial charge in [0, 0.05) is 17.1 Å². The third kappa shape index (κ3) is 3.42. The summed E-state index contributed by atoms with van der Waals surface area (Å²) < 4.78 is 5.48. The highest BCUT2D eigenvalue weighted by Crippen LogP contribution is 2.32. The molecule has 0 heterocycles. The molecule has 1 N–H and O–H groups in total. The zero-order valence-electron chi connectivity index (χ0n) is 8.52. The van der Waals surface area contributed by atoms with Crippen molar-refractivity contribution in [2.75, 3.05) is 13.7 Å². The van der Waals surface area contributed by atoms with Crippen molar-refractivity contribution < 1.29 is 4.74 Å². The fraction of sp³-hybridized carbons (Fsp3) is 0.273. The average molecular weight is 246 g/mol. The summed E-state index contributed by atoms with van der Waals surface area (Å²) in [5, 5.41) is 4.16. The number of rotatable bonds is 5. The van der Waals surface area contributed by atoms with Crippen LogP contribution in [-0.2, 0) is 6.54 Å². The molecule has 0 bridgehead atoms. The predicted octanol–water partition coefficient (Wildman–Crippen LogP) is 3.28. The minimum absolute atomic E-state index is 0.429. The highest BCUT2D eigenvalue weighted by molar-refractivity contribution is 6.35. The summed E-state index contributed by atoms with van der Waals surface area (Å²) in [6.07, 6.45) is 1.67. The molecule has 0 aliphatic rings. The molecule has 2 nitrogen and oxygen atoms in total. The van der Waals surface area contributed by atoms with E-state index in [1.54, 1.807) is 12.1 Å². The van der Waals surface area contributed by atoms with Gasteiger partial charge in [0.1, 0.15) is 12.4 Å². The molecule has 82 valence electrons. The van der Waals surface area contributed by atoms with Gasteiger partial charge in [0.2, 0.25) is 0 Å². The molecule has 1 rings (SSSR count). The van der Waals surface area contributed by atoms with Crippen molar-refractivity contribution in [2.24, 2.45) is 0 Å². The molecular formula is C11H13Cl2NO. The van der Waals surface area contributed by atoms with Crippen LogP contribution in [0.3, 0.4) is 0 Å². The maximum absolute atomic E-state index is 6.03. The second-order valence-electron chi connectivity index (χ2n) is 3.01. The van der Waals surface area contributed by atoms with Gasteiger partial charge in [0.25, 0.3) is 0 Å². The Morgan fingerprint density at radius 2 is 2.20 bits per heavy atom. The van der Waals surface area contributed by atoms with Gasteiger partial charge in [-0.15, -0.1) is 0 Å². The number of nitrogens with one attached hydrogen (secondary N) is 1. The molecule has 0 fully saturated rings. The lowest BCUT2D eigenvalue weighted by Gasteiger charge is -2.12. The van der Waals surface area contributed by atoms with Crippen LogP contribution in [0.4, 0.5) is 0 Å². The molecule has 4 heteroatoms. The lowest BCUT2D eigenvalue weighted by molar-refractivity contribution is 0.358. The van der Waals surface area contributed by atoms with Crippen LogP contribution >= 0.6 is 23.2 Å². The lowest BCUT2D eigenvalue weighted by atomic mass is 10.2. The number of hydrogen-bond donors (Lipinski definition) is 1. The first kappa shape index (κ1) is 12.4. The fourth-order valence-electron chi connectivity index (χ4n) is 1.24. The third-order valence-corrected chi connectivity index (χ3v) is 2.30. The minimum Gasteiger partial charge on any atom is -0.488 e. The number of halogens is 2. The third-order valence-electron chi connectivity index (χ3n) is 1.80. The van der Waals surface area contributed by atoms with Gasteiger partial charge in [0.15, 0.2) is 0 Å². The summed E-state index contributed by atoms with van der Waals surface area (Å²) in [6.45, 7) is 4.68. The molecule has 15 heavy (non-hydrogen) atoms. The van der Waals surface area contributed by atoms with Crippen LogP contribution in [0.5, 0.6) is 5.75 Å². The van der Waals surface area contributed by atoms with E-state index in [0.29, 0.717) is 28.9 Å². The molecule has 0 saturated heterocycles. The molecule has 1 aromatic carbocycles. The van der Waals surface area contributed by atoms with Crippen molar-refractivity contribution in [1.82, 2.24) is 5.32 Å². The minimum atomic E-state index is 0.429. The molecule has 0 aliphatic carbocycles. The van der Waals surface area contributed by atoms with Crippen LogP contribution in [0.2, 0.25) is 10.0 Å². The van der Waals surface area contributed by atoms with Crippen LogP contribution in [-0.4, -0.2) is 13.7 Å². The Hall–Kier alpha value is -0.700. The van der Waals surface area contributed by atoms with Crippen molar-refractivity contribution >= 4 is 23.2 Å². The lowest BCUT2D eigenvalue weighted by Crippen LogP contribution is -2.08. The Bertz CT molecular complexity index is 353. The van der Waals surface area contributed by atoms with E-state index in [1.807, 2.05) is 13.1 Å². The van der Waals surface area contributed by atoms with Gasteiger partial charge in [-0.25, -0.2) is 0 Å². The second-order valence-corrected chi connectivity index (χ2v) is 3.85. The maximum Gasteiger partial charge on any atom is 0.142 e. The topological polar surface area (TPSA) is 21.3 Å². The maximum atomic E-state index is 6.03. The summed E-state index contributed by atoms with van der Waals surface area (Å²) in [4.78, 5) is 0. The molecule has 0 saturated carbocycles. The monoisotopic (exact) mass is 245 g/mol. The van der Waals surface area contributed by atoms with E-state index < -0.39 is 0 Å². The fourth-order valence-corrected chi connectivity index (χ4v) is 1.83. The molecular weight excluding hydrogens is 233 g/mol. The van der Waals surface area contributed by atoms with Crippen LogP contribution in [0.1, 0.15) is 5.56 Å².